The Hall–Kier alpha value is -2.70. The second-order valence-electron chi connectivity index (χ2n) is 7.22. The first-order chi connectivity index (χ1) is 13.7. The number of hydrogen-bond donors (Lipinski definition) is 2. The van der Waals surface area contributed by atoms with Gasteiger partial charge in [-0.1, -0.05) is 35.9 Å². The predicted octanol–water partition coefficient (Wildman–Crippen LogP) is 2.74. The van der Waals surface area contributed by atoms with Crippen molar-refractivity contribution in [2.24, 2.45) is 0 Å². The molecule has 3 aromatic rings. The number of aromatic nitrogens is 1. The largest absolute Gasteiger partial charge is 0.332 e. The van der Waals surface area contributed by atoms with Crippen LogP contribution in [0, 0.1) is 6.92 Å². The Bertz CT molecular complexity index is 915. The minimum Gasteiger partial charge on any atom is -0.332 e. The van der Waals surface area contributed by atoms with Crippen molar-refractivity contribution in [2.45, 2.75) is 13.5 Å². The minimum absolute atomic E-state index is 0.137. The average molecular weight is 394 g/mol. The lowest BCUT2D eigenvalue weighted by Crippen LogP contribution is -3.13. The predicted molar refractivity (Wildman–Crippen MR) is 113 cm³/mol. The zero-order valence-electron chi connectivity index (χ0n) is 16.0. The number of carbonyl (C=O) groups excluding carboxylic acids is 1. The second kappa shape index (κ2) is 8.54. The lowest BCUT2D eigenvalue weighted by molar-refractivity contribution is -0.917. The summed E-state index contributed by atoms with van der Waals surface area (Å²) in [5.41, 5.74) is 4.19. The highest BCUT2D eigenvalue weighted by molar-refractivity contribution is 7.13. The van der Waals surface area contributed by atoms with Crippen LogP contribution in [0.25, 0.3) is 0 Å². The SMILES string of the molecule is Cc1ccc(Nc2nc(C[NH+]3CCN(C(=O)c4ccccc4)CC3)cs2)cc1. The number of rotatable bonds is 5. The van der Waals surface area contributed by atoms with Crippen molar-refractivity contribution in [1.29, 1.82) is 0 Å². The summed E-state index contributed by atoms with van der Waals surface area (Å²) < 4.78 is 0. The van der Waals surface area contributed by atoms with Crippen LogP contribution in [0.3, 0.4) is 0 Å². The molecule has 2 N–H and O–H groups in total. The normalized spacial score (nSPS) is 14.8. The molecule has 0 atom stereocenters. The zero-order valence-corrected chi connectivity index (χ0v) is 16.8. The van der Waals surface area contributed by atoms with Crippen molar-refractivity contribution < 1.29 is 9.69 Å². The molecule has 144 valence electrons. The van der Waals surface area contributed by atoms with Gasteiger partial charge >= 0.3 is 0 Å². The Morgan fingerprint density at radius 2 is 1.82 bits per heavy atom. The fraction of sp³-hybridized carbons (Fsp3) is 0.273. The van der Waals surface area contributed by atoms with Gasteiger partial charge in [0.05, 0.1) is 26.2 Å². The summed E-state index contributed by atoms with van der Waals surface area (Å²) in [7, 11) is 0. The summed E-state index contributed by atoms with van der Waals surface area (Å²) in [6.45, 7) is 6.48. The summed E-state index contributed by atoms with van der Waals surface area (Å²) in [5.74, 6) is 0.137. The van der Waals surface area contributed by atoms with E-state index in [-0.39, 0.29) is 5.91 Å². The molecule has 1 saturated heterocycles. The van der Waals surface area contributed by atoms with Crippen LogP contribution in [0.1, 0.15) is 21.6 Å². The molecule has 0 unspecified atom stereocenters. The van der Waals surface area contributed by atoms with E-state index in [0.29, 0.717) is 0 Å². The molecule has 6 heteroatoms. The number of benzene rings is 2. The molecule has 1 aromatic heterocycles. The number of aryl methyl sites for hydroxylation is 1. The average Bonchev–Trinajstić information content (AvgIpc) is 3.17. The Morgan fingerprint density at radius 1 is 1.11 bits per heavy atom. The first kappa shape index (κ1) is 18.7. The number of nitrogens with zero attached hydrogens (tertiary/aromatic N) is 2. The van der Waals surface area contributed by atoms with Gasteiger partial charge in [0, 0.05) is 16.6 Å². The van der Waals surface area contributed by atoms with Crippen LogP contribution in [-0.4, -0.2) is 42.0 Å². The van der Waals surface area contributed by atoms with Gasteiger partial charge in [0.1, 0.15) is 12.2 Å². The summed E-state index contributed by atoms with van der Waals surface area (Å²) >= 11 is 1.64. The van der Waals surface area contributed by atoms with Crippen molar-refractivity contribution in [3.63, 3.8) is 0 Å². The second-order valence-corrected chi connectivity index (χ2v) is 8.08. The molecule has 4 rings (SSSR count). The number of hydrogen-bond acceptors (Lipinski definition) is 4. The van der Waals surface area contributed by atoms with Gasteiger partial charge < -0.3 is 15.1 Å². The molecule has 2 heterocycles. The van der Waals surface area contributed by atoms with Crippen LogP contribution in [-0.2, 0) is 6.54 Å². The maximum Gasteiger partial charge on any atom is 0.254 e. The maximum absolute atomic E-state index is 12.6. The maximum atomic E-state index is 12.6. The first-order valence-corrected chi connectivity index (χ1v) is 10.5. The van der Waals surface area contributed by atoms with Gasteiger partial charge in [-0.15, -0.1) is 11.3 Å². The molecular weight excluding hydrogens is 368 g/mol. The standard InChI is InChI=1S/C22H24N4OS/c1-17-7-9-19(10-8-17)23-22-24-20(16-28-22)15-25-11-13-26(14-12-25)21(27)18-5-3-2-4-6-18/h2-10,16H,11-15H2,1H3,(H,23,24)/p+1. The van der Waals surface area contributed by atoms with Gasteiger partial charge in [-0.05, 0) is 31.2 Å². The van der Waals surface area contributed by atoms with Gasteiger partial charge in [0.2, 0.25) is 0 Å². The third-order valence-corrected chi connectivity index (χ3v) is 5.87. The zero-order chi connectivity index (χ0) is 19.3. The van der Waals surface area contributed by atoms with Crippen molar-refractivity contribution in [3.8, 4) is 0 Å². The van der Waals surface area contributed by atoms with Gasteiger partial charge in [-0.2, -0.15) is 0 Å². The van der Waals surface area contributed by atoms with E-state index in [4.69, 9.17) is 4.98 Å². The third-order valence-electron chi connectivity index (χ3n) is 5.06. The number of piperazine rings is 1. The number of carbonyl (C=O) groups is 1. The van der Waals surface area contributed by atoms with Crippen LogP contribution >= 0.6 is 11.3 Å². The highest BCUT2D eigenvalue weighted by Crippen LogP contribution is 2.21. The number of amides is 1. The smallest absolute Gasteiger partial charge is 0.254 e. The number of quaternary nitrogens is 1. The molecule has 28 heavy (non-hydrogen) atoms. The number of nitrogens with one attached hydrogen (secondary N) is 2. The van der Waals surface area contributed by atoms with Crippen molar-refractivity contribution in [3.05, 3.63) is 76.8 Å². The molecule has 1 aliphatic rings. The summed E-state index contributed by atoms with van der Waals surface area (Å²) in [6, 6.07) is 17.9. The molecular formula is C22H25N4OS+. The van der Waals surface area contributed by atoms with Gasteiger partial charge in [0.15, 0.2) is 5.13 Å². The molecule has 1 fully saturated rings. The Balaban J connectivity index is 1.29. The van der Waals surface area contributed by atoms with Crippen molar-refractivity contribution >= 4 is 28.1 Å². The van der Waals surface area contributed by atoms with E-state index in [1.54, 1.807) is 11.3 Å². The van der Waals surface area contributed by atoms with Crippen molar-refractivity contribution in [1.82, 2.24) is 9.88 Å². The lowest BCUT2D eigenvalue weighted by atomic mass is 10.2. The van der Waals surface area contributed by atoms with E-state index in [1.165, 1.54) is 10.5 Å². The minimum atomic E-state index is 0.137. The molecule has 2 aromatic carbocycles. The third kappa shape index (κ3) is 4.58. The molecule has 0 aliphatic carbocycles. The van der Waals surface area contributed by atoms with Gasteiger partial charge in [0.25, 0.3) is 5.91 Å². The van der Waals surface area contributed by atoms with Gasteiger partial charge in [-0.3, -0.25) is 4.79 Å². The Labute approximate surface area is 169 Å². The summed E-state index contributed by atoms with van der Waals surface area (Å²) in [5, 5.41) is 6.43. The topological polar surface area (TPSA) is 49.7 Å². The molecule has 0 spiro atoms. The highest BCUT2D eigenvalue weighted by Gasteiger charge is 2.25. The van der Waals surface area contributed by atoms with Crippen LogP contribution < -0.4 is 10.2 Å². The Morgan fingerprint density at radius 3 is 2.54 bits per heavy atom. The van der Waals surface area contributed by atoms with E-state index >= 15 is 0 Å². The Kier molecular flexibility index (Phi) is 5.69. The van der Waals surface area contributed by atoms with Crippen LogP contribution in [0.4, 0.5) is 10.8 Å². The molecule has 0 radical (unpaired) electrons. The molecule has 0 bridgehead atoms. The van der Waals surface area contributed by atoms with Crippen LogP contribution in [0.5, 0.6) is 0 Å². The quantitative estimate of drug-likeness (QED) is 0.701. The van der Waals surface area contributed by atoms with Crippen molar-refractivity contribution in [2.75, 3.05) is 31.5 Å². The number of thiazole rings is 1. The fourth-order valence-electron chi connectivity index (χ4n) is 3.43. The van der Waals surface area contributed by atoms with Gasteiger partial charge in [-0.25, -0.2) is 4.98 Å². The van der Waals surface area contributed by atoms with Crippen LogP contribution in [0.2, 0.25) is 0 Å². The van der Waals surface area contributed by atoms with E-state index in [2.05, 4.69) is 41.9 Å². The van der Waals surface area contributed by atoms with E-state index in [9.17, 15) is 4.79 Å². The number of anilines is 2. The monoisotopic (exact) mass is 393 g/mol. The molecule has 5 nitrogen and oxygen atoms in total. The highest BCUT2D eigenvalue weighted by atomic mass is 32.1. The molecule has 1 amide bonds. The summed E-state index contributed by atoms with van der Waals surface area (Å²) in [6.07, 6.45) is 0. The summed E-state index contributed by atoms with van der Waals surface area (Å²) in [4.78, 5) is 20.7. The fourth-order valence-corrected chi connectivity index (χ4v) is 4.16. The molecule has 0 saturated carbocycles. The lowest BCUT2D eigenvalue weighted by Gasteiger charge is -2.32. The van der Waals surface area contributed by atoms with E-state index in [0.717, 1.165) is 54.8 Å². The molecule has 1 aliphatic heterocycles. The van der Waals surface area contributed by atoms with E-state index in [1.807, 2.05) is 35.2 Å². The van der Waals surface area contributed by atoms with Crippen LogP contribution in [0.15, 0.2) is 60.0 Å². The van der Waals surface area contributed by atoms with E-state index < -0.39 is 0 Å². The first-order valence-electron chi connectivity index (χ1n) is 9.63.